The molecule has 2 unspecified atom stereocenters. The van der Waals surface area contributed by atoms with Crippen molar-refractivity contribution in [2.75, 3.05) is 11.4 Å². The topological polar surface area (TPSA) is 70.9 Å². The maximum absolute atomic E-state index is 8.07. The number of fused-ring (bicyclic) bond motifs is 2. The van der Waals surface area contributed by atoms with E-state index in [0.717, 1.165) is 62.2 Å². The monoisotopic (exact) mass is 637 g/mol. The summed E-state index contributed by atoms with van der Waals surface area (Å²) in [4.78, 5) is 6.66. The number of anilines is 2. The normalized spacial score (nSPS) is 15.9. The zero-order chi connectivity index (χ0) is 33.7. The van der Waals surface area contributed by atoms with E-state index in [1.54, 1.807) is 6.20 Å². The van der Waals surface area contributed by atoms with Gasteiger partial charge in [0.05, 0.1) is 17.3 Å². The van der Waals surface area contributed by atoms with Crippen molar-refractivity contribution in [2.24, 2.45) is 5.73 Å². The van der Waals surface area contributed by atoms with Crippen LogP contribution in [0.2, 0.25) is 0 Å². The highest BCUT2D eigenvalue weighted by Gasteiger charge is 2.36. The number of nitrogens with one attached hydrogen (secondary N) is 1. The highest BCUT2D eigenvalue weighted by Crippen LogP contribution is 2.45. The first kappa shape index (κ1) is 31.6. The fraction of sp³-hybridized carbons (Fsp3) is 0.0909. The Morgan fingerprint density at radius 1 is 0.857 bits per heavy atom. The molecule has 7 rings (SSSR count). The lowest BCUT2D eigenvalue weighted by Crippen LogP contribution is -2.31. The molecule has 5 heteroatoms. The highest BCUT2D eigenvalue weighted by atomic mass is 15.2. The van der Waals surface area contributed by atoms with Gasteiger partial charge in [-0.05, 0) is 82.8 Å². The van der Waals surface area contributed by atoms with Crippen LogP contribution in [0.4, 0.5) is 11.4 Å². The van der Waals surface area contributed by atoms with Crippen molar-refractivity contribution in [1.82, 2.24) is 9.55 Å². The van der Waals surface area contributed by atoms with Crippen molar-refractivity contribution < 1.29 is 0 Å². The van der Waals surface area contributed by atoms with E-state index in [2.05, 4.69) is 137 Å². The van der Waals surface area contributed by atoms with Crippen LogP contribution in [0.1, 0.15) is 39.4 Å². The Labute approximate surface area is 288 Å². The zero-order valence-corrected chi connectivity index (χ0v) is 27.4. The van der Waals surface area contributed by atoms with E-state index in [4.69, 9.17) is 11.1 Å². The number of rotatable bonds is 11. The van der Waals surface area contributed by atoms with Crippen molar-refractivity contribution in [3.63, 3.8) is 0 Å². The van der Waals surface area contributed by atoms with E-state index in [-0.39, 0.29) is 12.0 Å². The minimum absolute atomic E-state index is 0.109. The third-order valence-electron chi connectivity index (χ3n) is 9.46. The smallest absolute Gasteiger partial charge is 0.0601 e. The number of hydrogen-bond donors (Lipinski definition) is 2. The molecule has 49 heavy (non-hydrogen) atoms. The molecule has 240 valence electrons. The van der Waals surface area contributed by atoms with Crippen LogP contribution < -0.4 is 10.6 Å². The number of para-hydroxylation sites is 2. The fourth-order valence-corrected chi connectivity index (χ4v) is 7.07. The average molecular weight is 638 g/mol. The third kappa shape index (κ3) is 5.97. The number of aromatic nitrogens is 2. The van der Waals surface area contributed by atoms with E-state index < -0.39 is 0 Å². The molecular formula is C44H39N5. The number of pyridine rings is 1. The molecule has 1 aliphatic heterocycles. The Balaban J connectivity index is 1.20. The number of benzene rings is 4. The molecule has 0 saturated carbocycles. The summed E-state index contributed by atoms with van der Waals surface area (Å²) in [6, 6.07) is 38.2. The lowest BCUT2D eigenvalue weighted by Gasteiger charge is -2.28. The van der Waals surface area contributed by atoms with E-state index in [0.29, 0.717) is 6.54 Å². The number of nitrogens with two attached hydrogens (primary N) is 1. The van der Waals surface area contributed by atoms with E-state index >= 15 is 0 Å². The van der Waals surface area contributed by atoms with Crippen LogP contribution in [0.5, 0.6) is 0 Å². The van der Waals surface area contributed by atoms with E-state index in [1.807, 2.05) is 36.5 Å². The van der Waals surface area contributed by atoms with Crippen LogP contribution in [0.3, 0.4) is 0 Å². The molecule has 0 aliphatic carbocycles. The standard InChI is InChI=1S/C44H39N5/c1-3-41-39(28-45)37-11-5-7-13-43(37)48(41)35-23-17-31(18-24-35)15-19-33(20-16-32-10-9-27-47-30-32)34-21-25-36(26-22-34)49-42(4-2)40(29-46)38-12-6-8-14-44(38)49/h3-15,17-27,29-30,39,41,46H,1-2,16,28,45H2/b19-15+,33-20+,46-29?. The van der Waals surface area contributed by atoms with Gasteiger partial charge in [0.25, 0.3) is 0 Å². The largest absolute Gasteiger partial charge is 0.334 e. The Hall–Kier alpha value is -6.04. The fourth-order valence-electron chi connectivity index (χ4n) is 7.07. The predicted octanol–water partition coefficient (Wildman–Crippen LogP) is 9.75. The number of hydrogen-bond acceptors (Lipinski definition) is 4. The van der Waals surface area contributed by atoms with Gasteiger partial charge in [-0.25, -0.2) is 0 Å². The second kappa shape index (κ2) is 14.0. The van der Waals surface area contributed by atoms with Crippen molar-refractivity contribution in [3.8, 4) is 5.69 Å². The summed E-state index contributed by atoms with van der Waals surface area (Å²) in [7, 11) is 0. The van der Waals surface area contributed by atoms with Crippen molar-refractivity contribution in [2.45, 2.75) is 18.4 Å². The van der Waals surface area contributed by atoms with Crippen LogP contribution in [0, 0.1) is 5.41 Å². The molecule has 2 aromatic heterocycles. The SMILES string of the molecule is C=Cc1c(C=N)c2ccccc2n1-c1ccc(C(/C=C/c2ccc(N3c4ccccc4C(CN)C3C=C)cc2)=C/Cc2cccnc2)cc1. The summed E-state index contributed by atoms with van der Waals surface area (Å²) < 4.78 is 2.17. The second-order valence-electron chi connectivity index (χ2n) is 12.2. The van der Waals surface area contributed by atoms with Crippen LogP contribution in [-0.4, -0.2) is 28.4 Å². The van der Waals surface area contributed by atoms with Gasteiger partial charge in [0.2, 0.25) is 0 Å². The Bertz CT molecular complexity index is 2190. The van der Waals surface area contributed by atoms with E-state index in [1.165, 1.54) is 17.5 Å². The molecule has 0 saturated heterocycles. The quantitative estimate of drug-likeness (QED) is 0.0844. The molecule has 0 bridgehead atoms. The molecule has 0 fully saturated rings. The van der Waals surface area contributed by atoms with Crippen LogP contribution in [-0.2, 0) is 6.42 Å². The Morgan fingerprint density at radius 2 is 1.61 bits per heavy atom. The molecule has 6 aromatic rings. The van der Waals surface area contributed by atoms with Gasteiger partial charge in [-0.1, -0.05) is 97.6 Å². The average Bonchev–Trinajstić information content (AvgIpc) is 3.67. The lowest BCUT2D eigenvalue weighted by molar-refractivity contribution is 0.650. The Morgan fingerprint density at radius 3 is 2.33 bits per heavy atom. The third-order valence-corrected chi connectivity index (χ3v) is 9.46. The molecule has 1 aliphatic rings. The molecule has 3 heterocycles. The number of allylic oxidation sites excluding steroid dienone is 3. The lowest BCUT2D eigenvalue weighted by atomic mass is 9.95. The second-order valence-corrected chi connectivity index (χ2v) is 12.2. The van der Waals surface area contributed by atoms with Gasteiger partial charge < -0.3 is 20.6 Å². The summed E-state index contributed by atoms with van der Waals surface area (Å²) in [6.45, 7) is 8.79. The van der Waals surface area contributed by atoms with Gasteiger partial charge >= 0.3 is 0 Å². The van der Waals surface area contributed by atoms with Crippen LogP contribution in [0.25, 0.3) is 34.3 Å². The van der Waals surface area contributed by atoms with Gasteiger partial charge in [-0.3, -0.25) is 4.98 Å². The molecule has 5 nitrogen and oxygen atoms in total. The van der Waals surface area contributed by atoms with Crippen LogP contribution >= 0.6 is 0 Å². The molecule has 0 spiro atoms. The van der Waals surface area contributed by atoms with E-state index in [9.17, 15) is 0 Å². The highest BCUT2D eigenvalue weighted by molar-refractivity contribution is 6.03. The first-order valence-corrected chi connectivity index (χ1v) is 16.6. The van der Waals surface area contributed by atoms with Crippen molar-refractivity contribution in [1.29, 1.82) is 5.41 Å². The predicted molar refractivity (Wildman–Crippen MR) is 207 cm³/mol. The molecule has 2 atom stereocenters. The Kier molecular flexibility index (Phi) is 9.00. The van der Waals surface area contributed by atoms with Crippen LogP contribution in [0.15, 0.2) is 153 Å². The molecule has 4 aromatic carbocycles. The van der Waals surface area contributed by atoms with Gasteiger partial charge in [-0.2, -0.15) is 0 Å². The molecule has 3 N–H and O–H groups in total. The van der Waals surface area contributed by atoms with Gasteiger partial charge in [0.15, 0.2) is 0 Å². The minimum Gasteiger partial charge on any atom is -0.334 e. The first-order chi connectivity index (χ1) is 24.1. The summed E-state index contributed by atoms with van der Waals surface area (Å²) >= 11 is 0. The first-order valence-electron chi connectivity index (χ1n) is 16.6. The van der Waals surface area contributed by atoms with Gasteiger partial charge in [0.1, 0.15) is 0 Å². The molecule has 0 amide bonds. The number of nitrogens with zero attached hydrogens (tertiary/aromatic N) is 3. The summed E-state index contributed by atoms with van der Waals surface area (Å²) in [5.41, 5.74) is 18.2. The molecular weight excluding hydrogens is 599 g/mol. The van der Waals surface area contributed by atoms with Gasteiger partial charge in [-0.15, -0.1) is 6.58 Å². The summed E-state index contributed by atoms with van der Waals surface area (Å²) in [5, 5.41) is 9.11. The summed E-state index contributed by atoms with van der Waals surface area (Å²) in [6.07, 6.45) is 16.4. The zero-order valence-electron chi connectivity index (χ0n) is 27.4. The molecule has 0 radical (unpaired) electrons. The van der Waals surface area contributed by atoms with Crippen molar-refractivity contribution >= 4 is 46.2 Å². The maximum atomic E-state index is 8.07. The van der Waals surface area contributed by atoms with Crippen molar-refractivity contribution in [3.05, 3.63) is 186 Å². The summed E-state index contributed by atoms with van der Waals surface area (Å²) in [5.74, 6) is 0.213. The maximum Gasteiger partial charge on any atom is 0.0601 e. The minimum atomic E-state index is 0.109. The van der Waals surface area contributed by atoms with Gasteiger partial charge in [0, 0.05) is 59.1 Å².